The molecule has 4 aromatic rings. The summed E-state index contributed by atoms with van der Waals surface area (Å²) in [5.74, 6) is -0.928. The predicted octanol–water partition coefficient (Wildman–Crippen LogP) is -0.444. The number of methoxy groups -OCH3 is 1. The number of anilines is 1. The van der Waals surface area contributed by atoms with Crippen LogP contribution < -0.4 is 21.4 Å². The predicted molar refractivity (Wildman–Crippen MR) is 193 cm³/mol. The van der Waals surface area contributed by atoms with Crippen LogP contribution in [-0.4, -0.2) is 117 Å². The Balaban J connectivity index is 0.921. The number of aryl methyl sites for hydroxylation is 2. The first-order chi connectivity index (χ1) is 27.8. The fourth-order valence-electron chi connectivity index (χ4n) is 7.89. The monoisotopic (exact) mass is 896 g/mol. The highest BCUT2D eigenvalue weighted by Gasteiger charge is 2.61. The van der Waals surface area contributed by atoms with Crippen molar-refractivity contribution in [2.45, 2.75) is 93.9 Å². The molecule has 1 saturated carbocycles. The lowest BCUT2D eigenvalue weighted by Crippen LogP contribution is -2.47. The number of hydrogen-bond acceptors (Lipinski definition) is 19. The van der Waals surface area contributed by atoms with Crippen molar-refractivity contribution in [3.05, 3.63) is 39.2 Å². The second-order valence-electron chi connectivity index (χ2n) is 14.4. The second kappa shape index (κ2) is 15.5. The van der Waals surface area contributed by atoms with E-state index in [0.29, 0.717) is 12.8 Å². The number of phosphoric ester groups is 2. The maximum absolute atomic E-state index is 13.0. The number of rotatable bonds is 13. The summed E-state index contributed by atoms with van der Waals surface area (Å²) < 4.78 is 91.5. The number of aromatic nitrogens is 8. The smallest absolute Gasteiger partial charge is 0.386 e. The van der Waals surface area contributed by atoms with Crippen LogP contribution in [0.5, 0.6) is 0 Å². The zero-order valence-corrected chi connectivity index (χ0v) is 34.0. The Bertz CT molecular complexity index is 2520. The fraction of sp³-hybridized carbons (Fsp3) is 0.655. The minimum atomic E-state index is -5.93. The number of imidazole rings is 2. The Morgan fingerprint density at radius 1 is 0.949 bits per heavy atom. The third kappa shape index (κ3) is 8.24. The molecule has 8 N–H and O–H groups in total. The standard InChI is InChI=1S/C29H40N9O18P3/c1-13-32-22-16(24(40)33-13)31-11-37(22)26-18(39)19(48-3)14(51-26)9-49-57(42,43)55-59(46,47)56-58(44,45)50-10-15-20-21(54-29(53-20)7-5-4-6-8-29)27(52-15)38-12-36(2)17-23(38)34-28(30)35-25(17)41/h11-12,14-15,18-21,26-27,39H,4-10H2,1-3H3,(H6-,30,32,33,34,35,40,41,42,43,44,45,46,47)/p+1/t14-,15-,18+,19?,20+,21?,26-,27-/m1/s1. The Kier molecular flexibility index (Phi) is 11.2. The molecule has 8 rings (SSSR count). The molecule has 0 amide bonds. The Morgan fingerprint density at radius 3 is 2.29 bits per heavy atom. The van der Waals surface area contributed by atoms with Gasteiger partial charge in [0.15, 0.2) is 29.5 Å². The van der Waals surface area contributed by atoms with Gasteiger partial charge in [0.05, 0.1) is 26.6 Å². The fourth-order valence-corrected chi connectivity index (χ4v) is 11.4. The van der Waals surface area contributed by atoms with Gasteiger partial charge in [0.25, 0.3) is 17.1 Å². The number of nitrogens with one attached hydrogen (secondary N) is 2. The molecule has 11 atom stereocenters. The van der Waals surface area contributed by atoms with Gasteiger partial charge in [-0.2, -0.15) is 8.62 Å². The van der Waals surface area contributed by atoms with Gasteiger partial charge >= 0.3 is 29.1 Å². The number of nitrogens with two attached hydrogens (primary N) is 1. The summed E-state index contributed by atoms with van der Waals surface area (Å²) in [5, 5.41) is 11.0. The van der Waals surface area contributed by atoms with Crippen LogP contribution in [0.2, 0.25) is 0 Å². The summed E-state index contributed by atoms with van der Waals surface area (Å²) in [6.07, 6.45) is -2.93. The highest BCUT2D eigenvalue weighted by atomic mass is 31.3. The average Bonchev–Trinajstić information content (AvgIpc) is 3.93. The van der Waals surface area contributed by atoms with Gasteiger partial charge in [-0.15, -0.1) is 0 Å². The Hall–Kier alpha value is -3.33. The molecule has 7 heterocycles. The van der Waals surface area contributed by atoms with Crippen molar-refractivity contribution in [3.63, 3.8) is 0 Å². The molecule has 27 nitrogen and oxygen atoms in total. The minimum absolute atomic E-state index is 0.0534. The van der Waals surface area contributed by atoms with Gasteiger partial charge in [0.1, 0.15) is 42.4 Å². The molecule has 4 aliphatic rings. The van der Waals surface area contributed by atoms with E-state index < -0.39 is 103 Å². The van der Waals surface area contributed by atoms with Gasteiger partial charge in [-0.3, -0.25) is 32.8 Å². The molecule has 1 aliphatic carbocycles. The van der Waals surface area contributed by atoms with Crippen LogP contribution in [0, 0.1) is 6.92 Å². The van der Waals surface area contributed by atoms with Crippen LogP contribution >= 0.6 is 23.5 Å². The van der Waals surface area contributed by atoms with Crippen LogP contribution in [0.4, 0.5) is 5.95 Å². The molecule has 1 spiro atoms. The van der Waals surface area contributed by atoms with E-state index >= 15 is 0 Å². The second-order valence-corrected chi connectivity index (χ2v) is 19.0. The van der Waals surface area contributed by atoms with E-state index in [1.165, 1.54) is 40.4 Å². The number of fused-ring (bicyclic) bond motifs is 3. The molecule has 5 unspecified atom stereocenters. The van der Waals surface area contributed by atoms with Crippen molar-refractivity contribution >= 4 is 51.7 Å². The van der Waals surface area contributed by atoms with Crippen LogP contribution in [-0.2, 0) is 62.1 Å². The largest absolute Gasteiger partial charge is 0.490 e. The zero-order valence-electron chi connectivity index (χ0n) is 31.3. The van der Waals surface area contributed by atoms with Crippen LogP contribution in [0.15, 0.2) is 22.2 Å². The van der Waals surface area contributed by atoms with Crippen LogP contribution in [0.25, 0.3) is 22.3 Å². The lowest BCUT2D eigenvalue weighted by atomic mass is 9.94. The number of phosphoric acid groups is 3. The molecule has 4 aromatic heterocycles. The van der Waals surface area contributed by atoms with E-state index in [1.807, 2.05) is 0 Å². The summed E-state index contributed by atoms with van der Waals surface area (Å²) in [7, 11) is -14.3. The lowest BCUT2D eigenvalue weighted by Gasteiger charge is -2.33. The molecule has 59 heavy (non-hydrogen) atoms. The highest BCUT2D eigenvalue weighted by Crippen LogP contribution is 2.68. The molecule has 4 fully saturated rings. The van der Waals surface area contributed by atoms with Crippen molar-refractivity contribution in [3.8, 4) is 0 Å². The Morgan fingerprint density at radius 2 is 1.61 bits per heavy atom. The van der Waals surface area contributed by atoms with Crippen molar-refractivity contribution in [1.82, 2.24) is 34.1 Å². The Labute approximate surface area is 331 Å². The zero-order chi connectivity index (χ0) is 42.2. The third-order valence-electron chi connectivity index (χ3n) is 10.3. The normalized spacial score (nSPS) is 31.1. The molecular formula is C29H41N9O18P3+. The third-order valence-corrected chi connectivity index (χ3v) is 14.5. The maximum Gasteiger partial charge on any atom is 0.490 e. The van der Waals surface area contributed by atoms with Crippen LogP contribution in [0.3, 0.4) is 0 Å². The molecule has 3 aliphatic heterocycles. The number of H-pyrrole nitrogens is 2. The van der Waals surface area contributed by atoms with Gasteiger partial charge in [-0.1, -0.05) is 11.4 Å². The summed E-state index contributed by atoms with van der Waals surface area (Å²) in [5.41, 5.74) is 5.06. The first-order valence-electron chi connectivity index (χ1n) is 18.1. The molecule has 0 bridgehead atoms. The highest BCUT2D eigenvalue weighted by molar-refractivity contribution is 7.66. The maximum atomic E-state index is 13.0. The number of aromatic amines is 2. The summed E-state index contributed by atoms with van der Waals surface area (Å²) in [4.78, 5) is 73.5. The van der Waals surface area contributed by atoms with Gasteiger partial charge in [0, 0.05) is 20.0 Å². The number of aliphatic hydroxyl groups is 1. The molecule has 324 valence electrons. The minimum Gasteiger partial charge on any atom is -0.386 e. The number of ether oxygens (including phenoxy) is 5. The average molecular weight is 897 g/mol. The van der Waals surface area contributed by atoms with Crippen molar-refractivity contribution in [1.29, 1.82) is 0 Å². The first-order valence-corrected chi connectivity index (χ1v) is 22.5. The molecule has 30 heteroatoms. The van der Waals surface area contributed by atoms with Crippen molar-refractivity contribution in [2.24, 2.45) is 7.05 Å². The number of hydrogen-bond donors (Lipinski definition) is 7. The van der Waals surface area contributed by atoms with Crippen LogP contribution in [0.1, 0.15) is 50.4 Å². The van der Waals surface area contributed by atoms with E-state index in [1.54, 1.807) is 7.05 Å². The van der Waals surface area contributed by atoms with E-state index in [9.17, 15) is 43.1 Å². The van der Waals surface area contributed by atoms with E-state index in [4.69, 9.17) is 38.5 Å². The number of nitrogens with zero attached hydrogens (tertiary/aromatic N) is 6. The van der Waals surface area contributed by atoms with E-state index in [0.717, 1.165) is 19.3 Å². The SMILES string of the molecule is COC1[C@@H](COP(=O)(O)OP(=O)(O)OP(=O)(O)OC[C@H]2O[C@@H]([n+]3cn(C)c4c(=O)[nH]c(N)nc43)C3OC4(CCCCC4)O[C@H]32)O[C@@H](n2cnc3c(=O)[nH]c(C)nc32)[C@H]1O. The topological polar surface area (TPSA) is 359 Å². The van der Waals surface area contributed by atoms with E-state index in [2.05, 4.69) is 33.5 Å². The van der Waals surface area contributed by atoms with Gasteiger partial charge in [0.2, 0.25) is 11.7 Å². The van der Waals surface area contributed by atoms with Crippen molar-refractivity contribution < 1.29 is 79.4 Å². The quantitative estimate of drug-likeness (QED) is 0.0660. The molecule has 0 aromatic carbocycles. The molecule has 0 radical (unpaired) electrons. The summed E-state index contributed by atoms with van der Waals surface area (Å²) in [6.45, 7) is -0.170. The van der Waals surface area contributed by atoms with Crippen molar-refractivity contribution in [2.75, 3.05) is 26.1 Å². The first kappa shape index (κ1) is 42.4. The number of aliphatic hydroxyl groups excluding tert-OH is 1. The lowest BCUT2D eigenvalue weighted by molar-refractivity contribution is -0.746. The summed E-state index contributed by atoms with van der Waals surface area (Å²) >= 11 is 0. The molecule has 3 saturated heterocycles. The van der Waals surface area contributed by atoms with Gasteiger partial charge in [-0.25, -0.2) is 28.2 Å². The van der Waals surface area contributed by atoms with E-state index in [-0.39, 0.29) is 34.1 Å². The van der Waals surface area contributed by atoms with Gasteiger partial charge < -0.3 is 54.2 Å². The molecular weight excluding hydrogens is 855 g/mol. The van der Waals surface area contributed by atoms with Gasteiger partial charge in [-0.05, 0) is 19.8 Å². The summed E-state index contributed by atoms with van der Waals surface area (Å²) in [6, 6.07) is 0. The number of nitrogen functional groups attached to an aromatic ring is 1.